The number of ether oxygens (including phenoxy) is 1. The van der Waals surface area contributed by atoms with Gasteiger partial charge in [0.25, 0.3) is 0 Å². The summed E-state index contributed by atoms with van der Waals surface area (Å²) in [5, 5.41) is 6.06. The number of nitrogens with one attached hydrogen (secondary N) is 2. The highest BCUT2D eigenvalue weighted by atomic mass is 16.5. The summed E-state index contributed by atoms with van der Waals surface area (Å²) in [5.41, 5.74) is 3.24. The molecule has 1 atom stereocenters. The Morgan fingerprint density at radius 1 is 1.13 bits per heavy atom. The van der Waals surface area contributed by atoms with Gasteiger partial charge in [-0.25, -0.2) is 9.78 Å². The van der Waals surface area contributed by atoms with E-state index in [1.807, 2.05) is 37.3 Å². The number of urea groups is 1. The number of carbonyl (C=O) groups is 1. The molecule has 0 spiro atoms. The molecule has 1 aliphatic heterocycles. The van der Waals surface area contributed by atoms with Gasteiger partial charge in [0.05, 0.1) is 24.2 Å². The topological polar surface area (TPSA) is 71.4 Å². The summed E-state index contributed by atoms with van der Waals surface area (Å²) in [5.74, 6) is 1.80. The number of para-hydroxylation sites is 2. The highest BCUT2D eigenvalue weighted by Gasteiger charge is 2.24. The molecule has 31 heavy (non-hydrogen) atoms. The molecule has 0 radical (unpaired) electrons. The molecule has 0 aliphatic carbocycles. The van der Waals surface area contributed by atoms with Crippen molar-refractivity contribution in [3.8, 4) is 5.75 Å². The molecule has 7 nitrogen and oxygen atoms in total. The Bertz CT molecular complexity index is 1030. The van der Waals surface area contributed by atoms with Crippen molar-refractivity contribution in [2.75, 3.05) is 33.3 Å². The van der Waals surface area contributed by atoms with E-state index < -0.39 is 0 Å². The van der Waals surface area contributed by atoms with Crippen LogP contribution < -0.4 is 15.4 Å². The second-order valence-corrected chi connectivity index (χ2v) is 7.97. The molecule has 2 amide bonds. The molecule has 3 aromatic rings. The summed E-state index contributed by atoms with van der Waals surface area (Å²) >= 11 is 0. The lowest BCUT2D eigenvalue weighted by molar-refractivity contribution is 0.220. The van der Waals surface area contributed by atoms with E-state index in [0.717, 1.165) is 35.7 Å². The molecule has 164 valence electrons. The summed E-state index contributed by atoms with van der Waals surface area (Å²) in [6, 6.07) is 16.2. The summed E-state index contributed by atoms with van der Waals surface area (Å²) in [6.45, 7) is 5.89. The molecular weight excluding hydrogens is 390 g/mol. The maximum Gasteiger partial charge on any atom is 0.314 e. The number of hydrogen-bond donors (Lipinski definition) is 2. The zero-order valence-electron chi connectivity index (χ0n) is 18.3. The minimum absolute atomic E-state index is 0.142. The number of fused-ring (bicyclic) bond motifs is 1. The zero-order chi connectivity index (χ0) is 21.6. The lowest BCUT2D eigenvalue weighted by Gasteiger charge is -2.28. The number of nitrogens with zero attached hydrogens (tertiary/aromatic N) is 3. The van der Waals surface area contributed by atoms with Gasteiger partial charge in [-0.05, 0) is 62.7 Å². The second kappa shape index (κ2) is 9.83. The first-order chi connectivity index (χ1) is 15.2. The quantitative estimate of drug-likeness (QED) is 0.584. The Morgan fingerprint density at radius 2 is 1.94 bits per heavy atom. The van der Waals surface area contributed by atoms with E-state index in [4.69, 9.17) is 4.74 Å². The number of rotatable bonds is 8. The number of likely N-dealkylation sites (tertiary alicyclic amines) is 1. The molecular formula is C24H31N5O2. The van der Waals surface area contributed by atoms with Crippen molar-refractivity contribution in [3.63, 3.8) is 0 Å². The van der Waals surface area contributed by atoms with E-state index in [-0.39, 0.29) is 12.1 Å². The largest absolute Gasteiger partial charge is 0.497 e. The van der Waals surface area contributed by atoms with Crippen molar-refractivity contribution in [3.05, 3.63) is 59.9 Å². The second-order valence-electron chi connectivity index (χ2n) is 7.97. The highest BCUT2D eigenvalue weighted by molar-refractivity contribution is 5.76. The number of amides is 2. The van der Waals surface area contributed by atoms with E-state index in [2.05, 4.69) is 43.3 Å². The molecule has 4 rings (SSSR count). The minimum Gasteiger partial charge on any atom is -0.497 e. The van der Waals surface area contributed by atoms with Crippen molar-refractivity contribution in [2.45, 2.75) is 32.4 Å². The first-order valence-electron chi connectivity index (χ1n) is 11.0. The molecule has 1 fully saturated rings. The number of aromatic nitrogens is 2. The van der Waals surface area contributed by atoms with Gasteiger partial charge in [-0.2, -0.15) is 0 Å². The molecule has 2 heterocycles. The van der Waals surface area contributed by atoms with Crippen molar-refractivity contribution in [2.24, 2.45) is 0 Å². The fourth-order valence-corrected chi connectivity index (χ4v) is 4.37. The molecule has 1 aliphatic rings. The van der Waals surface area contributed by atoms with Gasteiger partial charge in [-0.1, -0.05) is 24.3 Å². The fraction of sp³-hybridized carbons (Fsp3) is 0.417. The van der Waals surface area contributed by atoms with Gasteiger partial charge in [0.2, 0.25) is 0 Å². The molecule has 2 N–H and O–H groups in total. The maximum absolute atomic E-state index is 12.5. The number of benzene rings is 2. The average Bonchev–Trinajstić information content (AvgIpc) is 3.42. The van der Waals surface area contributed by atoms with Crippen molar-refractivity contribution >= 4 is 17.1 Å². The van der Waals surface area contributed by atoms with Crippen LogP contribution in [-0.4, -0.2) is 53.8 Å². The van der Waals surface area contributed by atoms with E-state index in [9.17, 15) is 4.79 Å². The average molecular weight is 422 g/mol. The van der Waals surface area contributed by atoms with E-state index in [1.54, 1.807) is 7.11 Å². The Labute approximate surface area is 183 Å². The van der Waals surface area contributed by atoms with E-state index in [1.165, 1.54) is 18.4 Å². The van der Waals surface area contributed by atoms with E-state index in [0.29, 0.717) is 19.6 Å². The van der Waals surface area contributed by atoms with Crippen LogP contribution in [0.4, 0.5) is 4.79 Å². The lowest BCUT2D eigenvalue weighted by Crippen LogP contribution is -2.42. The Hall–Kier alpha value is -3.06. The smallest absolute Gasteiger partial charge is 0.314 e. The Kier molecular flexibility index (Phi) is 6.72. The van der Waals surface area contributed by atoms with Crippen LogP contribution in [0.15, 0.2) is 48.5 Å². The Balaban J connectivity index is 1.34. The van der Waals surface area contributed by atoms with Crippen molar-refractivity contribution < 1.29 is 9.53 Å². The molecule has 0 bridgehead atoms. The van der Waals surface area contributed by atoms with Crippen LogP contribution in [0, 0.1) is 6.92 Å². The predicted octanol–water partition coefficient (Wildman–Crippen LogP) is 3.49. The first kappa shape index (κ1) is 21.2. The standard InChI is InChI=1S/C24H31N5O2/c1-18-27-21-10-3-4-11-22(21)29(18)15-12-25-24(30)26-17-23(28-13-5-6-14-28)19-8-7-9-20(16-19)31-2/h3-4,7-11,16,23H,5-6,12-15,17H2,1-2H3,(H2,25,26,30). The molecule has 2 aromatic carbocycles. The molecule has 1 aromatic heterocycles. The summed E-state index contributed by atoms with van der Waals surface area (Å²) in [6.07, 6.45) is 2.40. The van der Waals surface area contributed by atoms with Crippen LogP contribution in [0.1, 0.15) is 30.3 Å². The normalized spacial score (nSPS) is 15.2. The van der Waals surface area contributed by atoms with Gasteiger partial charge >= 0.3 is 6.03 Å². The lowest BCUT2D eigenvalue weighted by atomic mass is 10.1. The number of hydrogen-bond acceptors (Lipinski definition) is 4. The van der Waals surface area contributed by atoms with Gasteiger partial charge in [0.1, 0.15) is 11.6 Å². The number of methoxy groups -OCH3 is 1. The van der Waals surface area contributed by atoms with Crippen LogP contribution in [0.2, 0.25) is 0 Å². The predicted molar refractivity (Wildman–Crippen MR) is 122 cm³/mol. The number of imidazole rings is 1. The SMILES string of the molecule is COc1cccc(C(CNC(=O)NCCn2c(C)nc3ccccc32)N2CCCC2)c1. The zero-order valence-corrected chi connectivity index (χ0v) is 18.3. The maximum atomic E-state index is 12.5. The van der Waals surface area contributed by atoms with Gasteiger partial charge in [-0.3, -0.25) is 4.90 Å². The summed E-state index contributed by atoms with van der Waals surface area (Å²) in [4.78, 5) is 19.5. The van der Waals surface area contributed by atoms with Crippen LogP contribution in [0.3, 0.4) is 0 Å². The van der Waals surface area contributed by atoms with Gasteiger partial charge in [0.15, 0.2) is 0 Å². The van der Waals surface area contributed by atoms with Crippen molar-refractivity contribution in [1.82, 2.24) is 25.1 Å². The monoisotopic (exact) mass is 421 g/mol. The third-order valence-corrected chi connectivity index (χ3v) is 5.98. The highest BCUT2D eigenvalue weighted by Crippen LogP contribution is 2.27. The van der Waals surface area contributed by atoms with Gasteiger partial charge in [0, 0.05) is 19.6 Å². The van der Waals surface area contributed by atoms with Crippen molar-refractivity contribution in [1.29, 1.82) is 0 Å². The summed E-state index contributed by atoms with van der Waals surface area (Å²) < 4.78 is 7.53. The van der Waals surface area contributed by atoms with Crippen LogP contribution >= 0.6 is 0 Å². The first-order valence-corrected chi connectivity index (χ1v) is 11.0. The Morgan fingerprint density at radius 3 is 2.74 bits per heavy atom. The summed E-state index contributed by atoms with van der Waals surface area (Å²) in [7, 11) is 1.68. The fourth-order valence-electron chi connectivity index (χ4n) is 4.37. The molecule has 7 heteroatoms. The third-order valence-electron chi connectivity index (χ3n) is 5.98. The van der Waals surface area contributed by atoms with E-state index >= 15 is 0 Å². The number of carbonyl (C=O) groups excluding carboxylic acids is 1. The van der Waals surface area contributed by atoms with Crippen LogP contribution in [0.25, 0.3) is 11.0 Å². The van der Waals surface area contributed by atoms with Crippen LogP contribution in [-0.2, 0) is 6.54 Å². The molecule has 0 saturated carbocycles. The van der Waals surface area contributed by atoms with Crippen LogP contribution in [0.5, 0.6) is 5.75 Å². The van der Waals surface area contributed by atoms with Gasteiger partial charge < -0.3 is 19.9 Å². The minimum atomic E-state index is -0.144. The third kappa shape index (κ3) is 4.99. The molecule has 1 unspecified atom stereocenters. The molecule has 1 saturated heterocycles. The number of aryl methyl sites for hydroxylation is 1. The van der Waals surface area contributed by atoms with Gasteiger partial charge in [-0.15, -0.1) is 0 Å².